The number of hydrogen-bond acceptors (Lipinski definition) is 2. The second-order valence-corrected chi connectivity index (χ2v) is 9.74. The summed E-state index contributed by atoms with van der Waals surface area (Å²) in [6.45, 7) is 5.87. The van der Waals surface area contributed by atoms with Gasteiger partial charge in [0.05, 0.1) is 17.0 Å². The Morgan fingerprint density at radius 3 is 2.18 bits per heavy atom. The predicted octanol–water partition coefficient (Wildman–Crippen LogP) is 6.23. The van der Waals surface area contributed by atoms with E-state index in [1.165, 1.54) is 11.1 Å². The van der Waals surface area contributed by atoms with Crippen molar-refractivity contribution >= 4 is 16.9 Å². The zero-order valence-electron chi connectivity index (χ0n) is 20.1. The fourth-order valence-electron chi connectivity index (χ4n) is 5.42. The van der Waals surface area contributed by atoms with Gasteiger partial charge in [-0.15, -0.1) is 0 Å². The topological polar surface area (TPSA) is 38.1 Å². The van der Waals surface area contributed by atoms with E-state index >= 15 is 0 Å². The van der Waals surface area contributed by atoms with Crippen LogP contribution in [-0.2, 0) is 11.2 Å². The van der Waals surface area contributed by atoms with Crippen molar-refractivity contribution in [2.45, 2.75) is 45.1 Å². The first-order chi connectivity index (χ1) is 16.6. The minimum Gasteiger partial charge on any atom is -0.342 e. The van der Waals surface area contributed by atoms with Crippen molar-refractivity contribution in [1.29, 1.82) is 0 Å². The van der Waals surface area contributed by atoms with Gasteiger partial charge in [0, 0.05) is 25.6 Å². The fourth-order valence-corrected chi connectivity index (χ4v) is 5.42. The molecule has 0 spiro atoms. The molecule has 3 aromatic carbocycles. The molecule has 0 radical (unpaired) electrons. The lowest BCUT2D eigenvalue weighted by Gasteiger charge is -2.36. The lowest BCUT2D eigenvalue weighted by molar-refractivity contribution is -0.135. The molecule has 1 aliphatic rings. The summed E-state index contributed by atoms with van der Waals surface area (Å²) in [7, 11) is 0. The molecule has 1 aliphatic heterocycles. The Balaban J connectivity index is 1.37. The largest absolute Gasteiger partial charge is 0.342 e. The smallest absolute Gasteiger partial charge is 0.230 e. The van der Waals surface area contributed by atoms with Gasteiger partial charge in [0.15, 0.2) is 0 Å². The van der Waals surface area contributed by atoms with E-state index in [-0.39, 0.29) is 17.7 Å². The average molecular weight is 452 g/mol. The highest BCUT2D eigenvalue weighted by Crippen LogP contribution is 2.33. The Morgan fingerprint density at radius 2 is 1.50 bits per heavy atom. The fraction of sp³-hybridized carbons (Fsp3) is 0.333. The summed E-state index contributed by atoms with van der Waals surface area (Å²) >= 11 is 0. The molecule has 34 heavy (non-hydrogen) atoms. The van der Waals surface area contributed by atoms with Crippen molar-refractivity contribution < 1.29 is 4.79 Å². The number of aromatic nitrogens is 2. The highest BCUT2D eigenvalue weighted by Gasteiger charge is 2.32. The maximum Gasteiger partial charge on any atom is 0.230 e. The van der Waals surface area contributed by atoms with E-state index in [0.29, 0.717) is 6.04 Å². The van der Waals surface area contributed by atoms with Gasteiger partial charge in [0.2, 0.25) is 5.91 Å². The summed E-state index contributed by atoms with van der Waals surface area (Å²) in [5.41, 5.74) is 4.64. The number of rotatable bonds is 6. The van der Waals surface area contributed by atoms with Crippen LogP contribution < -0.4 is 0 Å². The number of hydrogen-bond donors (Lipinski definition) is 0. The Kier molecular flexibility index (Phi) is 6.48. The van der Waals surface area contributed by atoms with Gasteiger partial charge in [-0.1, -0.05) is 86.6 Å². The lowest BCUT2D eigenvalue weighted by Crippen LogP contribution is -2.42. The summed E-state index contributed by atoms with van der Waals surface area (Å²) in [6.07, 6.45) is 2.72. The van der Waals surface area contributed by atoms with Gasteiger partial charge in [-0.3, -0.25) is 4.79 Å². The van der Waals surface area contributed by atoms with Crippen molar-refractivity contribution in [1.82, 2.24) is 14.5 Å². The maximum absolute atomic E-state index is 13.6. The molecule has 0 unspecified atom stereocenters. The average Bonchev–Trinajstić information content (AvgIpc) is 3.23. The molecular weight excluding hydrogens is 418 g/mol. The number of carbonyl (C=O) groups excluding carboxylic acids is 1. The Hall–Kier alpha value is -3.40. The predicted molar refractivity (Wildman–Crippen MR) is 138 cm³/mol. The molecule has 0 aliphatic carbocycles. The van der Waals surface area contributed by atoms with E-state index in [4.69, 9.17) is 4.98 Å². The molecule has 1 saturated heterocycles. The molecule has 0 saturated carbocycles. The quantitative estimate of drug-likeness (QED) is 0.348. The third-order valence-electron chi connectivity index (χ3n) is 7.11. The minimum absolute atomic E-state index is 0.0829. The number of nitrogens with zero attached hydrogens (tertiary/aromatic N) is 3. The van der Waals surface area contributed by atoms with E-state index in [1.807, 2.05) is 18.2 Å². The van der Waals surface area contributed by atoms with Gasteiger partial charge in [0.1, 0.15) is 5.82 Å². The highest BCUT2D eigenvalue weighted by atomic mass is 16.2. The van der Waals surface area contributed by atoms with Crippen LogP contribution in [0, 0.1) is 5.92 Å². The van der Waals surface area contributed by atoms with Crippen LogP contribution >= 0.6 is 0 Å². The molecule has 4 heteroatoms. The molecule has 0 bridgehead atoms. The molecule has 174 valence electrons. The second kappa shape index (κ2) is 9.84. The van der Waals surface area contributed by atoms with E-state index < -0.39 is 0 Å². The first-order valence-corrected chi connectivity index (χ1v) is 12.5. The highest BCUT2D eigenvalue weighted by molar-refractivity contribution is 5.84. The van der Waals surface area contributed by atoms with Crippen molar-refractivity contribution in [2.75, 3.05) is 13.1 Å². The molecule has 4 aromatic rings. The third kappa shape index (κ3) is 4.50. The van der Waals surface area contributed by atoms with E-state index in [1.54, 1.807) is 0 Å². The summed E-state index contributed by atoms with van der Waals surface area (Å²) in [6, 6.07) is 29.6. The number of piperidine rings is 1. The lowest BCUT2D eigenvalue weighted by atomic mass is 9.86. The third-order valence-corrected chi connectivity index (χ3v) is 7.11. The van der Waals surface area contributed by atoms with Crippen LogP contribution in [0.4, 0.5) is 0 Å². The number of benzene rings is 3. The molecule has 4 nitrogen and oxygen atoms in total. The van der Waals surface area contributed by atoms with Crippen LogP contribution in [0.5, 0.6) is 0 Å². The zero-order valence-corrected chi connectivity index (χ0v) is 20.1. The summed E-state index contributed by atoms with van der Waals surface area (Å²) in [4.78, 5) is 20.7. The number of fused-ring (bicyclic) bond motifs is 1. The van der Waals surface area contributed by atoms with Crippen molar-refractivity contribution in [3.05, 3.63) is 102 Å². The van der Waals surface area contributed by atoms with Crippen LogP contribution in [0.3, 0.4) is 0 Å². The van der Waals surface area contributed by atoms with E-state index in [0.717, 1.165) is 49.3 Å². The number of carbonyl (C=O) groups is 1. The van der Waals surface area contributed by atoms with Gasteiger partial charge in [-0.2, -0.15) is 0 Å². The Bertz CT molecular complexity index is 1240. The summed E-state index contributed by atoms with van der Waals surface area (Å²) in [5.74, 6) is 1.56. The van der Waals surface area contributed by atoms with Gasteiger partial charge in [0.25, 0.3) is 0 Å². The van der Waals surface area contributed by atoms with Crippen LogP contribution in [0.25, 0.3) is 11.0 Å². The van der Waals surface area contributed by atoms with Crippen LogP contribution in [-0.4, -0.2) is 33.4 Å². The normalized spacial score (nSPS) is 15.7. The molecule has 5 rings (SSSR count). The van der Waals surface area contributed by atoms with Crippen LogP contribution in [0.1, 0.15) is 55.6 Å². The molecule has 1 fully saturated rings. The molecule has 1 atom stereocenters. The van der Waals surface area contributed by atoms with Gasteiger partial charge >= 0.3 is 0 Å². The molecule has 1 aromatic heterocycles. The Labute approximate surface area is 202 Å². The van der Waals surface area contributed by atoms with Gasteiger partial charge in [-0.05, 0) is 42.0 Å². The van der Waals surface area contributed by atoms with E-state index in [2.05, 4.69) is 90.0 Å². The van der Waals surface area contributed by atoms with Gasteiger partial charge in [-0.25, -0.2) is 4.98 Å². The number of likely N-dealkylation sites (tertiary alicyclic amines) is 1. The van der Waals surface area contributed by atoms with Crippen molar-refractivity contribution in [3.8, 4) is 0 Å². The van der Waals surface area contributed by atoms with Crippen LogP contribution in [0.2, 0.25) is 0 Å². The first kappa shape index (κ1) is 22.4. The zero-order chi connectivity index (χ0) is 23.5. The minimum atomic E-state index is -0.0829. The van der Waals surface area contributed by atoms with Crippen molar-refractivity contribution in [2.24, 2.45) is 5.92 Å². The number of imidazole rings is 1. The molecule has 0 N–H and O–H groups in total. The van der Waals surface area contributed by atoms with Gasteiger partial charge < -0.3 is 9.47 Å². The maximum atomic E-state index is 13.6. The van der Waals surface area contributed by atoms with Crippen molar-refractivity contribution in [3.63, 3.8) is 0 Å². The number of amides is 1. The van der Waals surface area contributed by atoms with E-state index in [9.17, 15) is 4.79 Å². The monoisotopic (exact) mass is 451 g/mol. The molecular formula is C30H33N3O. The number of para-hydroxylation sites is 2. The first-order valence-electron chi connectivity index (χ1n) is 12.5. The SMILES string of the molecule is CC(C)[C@@H](C(=O)N1CCC(n2c(Cc3ccccc3)nc3ccccc32)CC1)c1ccccc1. The second-order valence-electron chi connectivity index (χ2n) is 9.74. The van der Waals surface area contributed by atoms with Crippen LogP contribution in [0.15, 0.2) is 84.9 Å². The molecule has 1 amide bonds. The summed E-state index contributed by atoms with van der Waals surface area (Å²) < 4.78 is 2.45. The Morgan fingerprint density at radius 1 is 0.882 bits per heavy atom. The summed E-state index contributed by atoms with van der Waals surface area (Å²) in [5, 5.41) is 0. The molecule has 2 heterocycles. The standard InChI is InChI=1S/C30H33N3O/c1-22(2)29(24-13-7-4-8-14-24)30(34)32-19-17-25(18-20-32)33-27-16-10-9-15-26(27)31-28(33)21-23-11-5-3-6-12-23/h3-16,22,25,29H,17-21H2,1-2H3/t29-/m1/s1.